The summed E-state index contributed by atoms with van der Waals surface area (Å²) in [4.78, 5) is 14.9. The van der Waals surface area contributed by atoms with E-state index in [9.17, 15) is 18.9 Å². The molecule has 4 rings (SSSR count). The molecule has 0 atom stereocenters. The second-order valence-corrected chi connectivity index (χ2v) is 15.4. The van der Waals surface area contributed by atoms with E-state index in [1.807, 2.05) is 12.1 Å². The number of nitro benzene ring substituents is 1. The normalized spacial score (nSPS) is 15.5. The van der Waals surface area contributed by atoms with Gasteiger partial charge in [-0.25, -0.2) is 8.78 Å². The van der Waals surface area contributed by atoms with Crippen LogP contribution in [-0.2, 0) is 11.0 Å². The molecule has 1 aliphatic rings. The predicted octanol–water partition coefficient (Wildman–Crippen LogP) is 5.23. The number of hydrogen-bond acceptors (Lipinski definition) is 5. The zero-order valence-electron chi connectivity index (χ0n) is 22.9. The molecule has 0 unspecified atom stereocenters. The topological polar surface area (TPSA) is 58.8 Å². The van der Waals surface area contributed by atoms with Crippen molar-refractivity contribution in [3.05, 3.63) is 100 Å². The van der Waals surface area contributed by atoms with Crippen molar-refractivity contribution in [2.75, 3.05) is 39.3 Å². The maximum atomic E-state index is 13.6. The highest BCUT2D eigenvalue weighted by Crippen LogP contribution is 2.36. The summed E-state index contributed by atoms with van der Waals surface area (Å²) in [6, 6.07) is 24.9. The molecule has 6 nitrogen and oxygen atoms in total. The Morgan fingerprint density at radius 3 is 1.92 bits per heavy atom. The van der Waals surface area contributed by atoms with Gasteiger partial charge >= 0.3 is 0 Å². The van der Waals surface area contributed by atoms with Gasteiger partial charge in [-0.1, -0.05) is 87.5 Å². The Labute approximate surface area is 230 Å². The van der Waals surface area contributed by atoms with Crippen LogP contribution in [0.5, 0.6) is 0 Å². The Balaban J connectivity index is 1.40. The Bertz CT molecular complexity index is 1190. The average Bonchev–Trinajstić information content (AvgIpc) is 2.92. The fraction of sp³-hybridized carbons (Fsp3) is 0.400. The molecule has 1 aliphatic heterocycles. The van der Waals surface area contributed by atoms with Crippen LogP contribution in [0.25, 0.3) is 0 Å². The Kier molecular flexibility index (Phi) is 9.27. The standard InChI is InChI=1S/C30H37F2N3O3Si/c1-30(2,3)39(26-10-6-4-7-11-26,27-12-8-5-9-13-27)38-21-20-33-16-18-34(19-17-33)23-24-14-15-25(35(36)37)22-28(24)29(31)32/h4-15,22,29H,16-21,23H2,1-3H3. The summed E-state index contributed by atoms with van der Waals surface area (Å²) < 4.78 is 34.2. The molecule has 0 spiro atoms. The molecule has 0 N–H and O–H groups in total. The summed E-state index contributed by atoms with van der Waals surface area (Å²) >= 11 is 0. The molecule has 1 heterocycles. The Hall–Kier alpha value is -2.98. The van der Waals surface area contributed by atoms with Crippen molar-refractivity contribution in [3.63, 3.8) is 0 Å². The summed E-state index contributed by atoms with van der Waals surface area (Å²) in [6.45, 7) is 11.6. The lowest BCUT2D eigenvalue weighted by Gasteiger charge is -2.43. The molecule has 0 saturated carbocycles. The quantitative estimate of drug-likeness (QED) is 0.196. The van der Waals surface area contributed by atoms with Crippen LogP contribution in [0.3, 0.4) is 0 Å². The Morgan fingerprint density at radius 1 is 0.897 bits per heavy atom. The van der Waals surface area contributed by atoms with E-state index in [1.165, 1.54) is 22.5 Å². The van der Waals surface area contributed by atoms with E-state index in [4.69, 9.17) is 4.43 Å². The molecule has 1 saturated heterocycles. The number of halogens is 2. The molecule has 0 aliphatic carbocycles. The van der Waals surface area contributed by atoms with E-state index >= 15 is 0 Å². The minimum atomic E-state index is -2.75. The number of nitro groups is 1. The number of piperazine rings is 1. The first kappa shape index (κ1) is 29.0. The van der Waals surface area contributed by atoms with E-state index in [0.717, 1.165) is 38.8 Å². The van der Waals surface area contributed by atoms with Gasteiger partial charge in [0.25, 0.3) is 20.4 Å². The van der Waals surface area contributed by atoms with Gasteiger partial charge in [0.2, 0.25) is 0 Å². The van der Waals surface area contributed by atoms with Crippen LogP contribution in [0, 0.1) is 10.1 Å². The zero-order valence-corrected chi connectivity index (χ0v) is 23.9. The molecule has 0 radical (unpaired) electrons. The van der Waals surface area contributed by atoms with Crippen molar-refractivity contribution in [1.82, 2.24) is 9.80 Å². The van der Waals surface area contributed by atoms with Gasteiger partial charge in [0, 0.05) is 63.6 Å². The molecule has 9 heteroatoms. The lowest BCUT2D eigenvalue weighted by molar-refractivity contribution is -0.385. The third-order valence-electron chi connectivity index (χ3n) is 7.58. The number of hydrogen-bond donors (Lipinski definition) is 0. The summed E-state index contributed by atoms with van der Waals surface area (Å²) in [5.74, 6) is 0. The highest BCUT2D eigenvalue weighted by atomic mass is 28.4. The van der Waals surface area contributed by atoms with Crippen LogP contribution in [0.2, 0.25) is 5.04 Å². The van der Waals surface area contributed by atoms with Crippen LogP contribution in [0.15, 0.2) is 78.9 Å². The largest absolute Gasteiger partial charge is 0.406 e. The monoisotopic (exact) mass is 553 g/mol. The van der Waals surface area contributed by atoms with E-state index in [2.05, 4.69) is 79.1 Å². The zero-order chi connectivity index (χ0) is 28.0. The smallest absolute Gasteiger partial charge is 0.269 e. The number of nitrogens with zero attached hydrogens (tertiary/aromatic N) is 3. The molecular formula is C30H37F2N3O3Si. The molecule has 208 valence electrons. The van der Waals surface area contributed by atoms with E-state index in [1.54, 1.807) is 0 Å². The SMILES string of the molecule is CC(C)(C)[Si](OCCN1CCN(Cc2ccc([N+](=O)[O-])cc2C(F)F)CC1)(c1ccccc1)c1ccccc1. The predicted molar refractivity (Wildman–Crippen MR) is 153 cm³/mol. The molecule has 0 amide bonds. The second-order valence-electron chi connectivity index (χ2n) is 11.1. The maximum Gasteiger partial charge on any atom is 0.269 e. The van der Waals surface area contributed by atoms with Crippen molar-refractivity contribution < 1.29 is 18.1 Å². The van der Waals surface area contributed by atoms with E-state index in [-0.39, 0.29) is 16.3 Å². The fourth-order valence-corrected chi connectivity index (χ4v) is 10.1. The average molecular weight is 554 g/mol. The molecule has 0 bridgehead atoms. The minimum absolute atomic E-state index is 0.0818. The lowest BCUT2D eigenvalue weighted by atomic mass is 10.1. The van der Waals surface area contributed by atoms with Crippen LogP contribution in [0.1, 0.15) is 38.3 Å². The minimum Gasteiger partial charge on any atom is -0.406 e. The number of benzene rings is 3. The summed E-state index contributed by atoms with van der Waals surface area (Å²) in [6.07, 6.45) is -2.75. The lowest BCUT2D eigenvalue weighted by Crippen LogP contribution is -2.67. The third kappa shape index (κ3) is 6.61. The van der Waals surface area contributed by atoms with Gasteiger partial charge in [0.1, 0.15) is 0 Å². The molecule has 39 heavy (non-hydrogen) atoms. The summed E-state index contributed by atoms with van der Waals surface area (Å²) in [7, 11) is -2.58. The van der Waals surface area contributed by atoms with E-state index in [0.29, 0.717) is 18.7 Å². The molecule has 1 fully saturated rings. The van der Waals surface area contributed by atoms with E-state index < -0.39 is 19.7 Å². The highest BCUT2D eigenvalue weighted by molar-refractivity contribution is 6.99. The maximum absolute atomic E-state index is 13.6. The van der Waals surface area contributed by atoms with Gasteiger partial charge in [-0.2, -0.15) is 0 Å². The molecular weight excluding hydrogens is 516 g/mol. The van der Waals surface area contributed by atoms with Crippen molar-refractivity contribution in [1.29, 1.82) is 0 Å². The first-order valence-electron chi connectivity index (χ1n) is 13.4. The number of rotatable bonds is 10. The first-order valence-corrected chi connectivity index (χ1v) is 15.3. The van der Waals surface area contributed by atoms with Gasteiger partial charge in [-0.15, -0.1) is 0 Å². The number of alkyl halides is 2. The van der Waals surface area contributed by atoms with Gasteiger partial charge in [-0.05, 0) is 21.0 Å². The summed E-state index contributed by atoms with van der Waals surface area (Å²) in [5, 5.41) is 13.4. The van der Waals surface area contributed by atoms with Gasteiger partial charge < -0.3 is 4.43 Å². The van der Waals surface area contributed by atoms with Crippen molar-refractivity contribution in [3.8, 4) is 0 Å². The Morgan fingerprint density at radius 2 is 1.44 bits per heavy atom. The van der Waals surface area contributed by atoms with Crippen molar-refractivity contribution >= 4 is 24.4 Å². The fourth-order valence-electron chi connectivity index (χ4n) is 5.54. The third-order valence-corrected chi connectivity index (χ3v) is 12.6. The highest BCUT2D eigenvalue weighted by Gasteiger charge is 2.50. The first-order chi connectivity index (χ1) is 18.6. The molecule has 0 aromatic heterocycles. The van der Waals surface area contributed by atoms with Gasteiger partial charge in [-0.3, -0.25) is 19.9 Å². The van der Waals surface area contributed by atoms with Crippen LogP contribution < -0.4 is 10.4 Å². The van der Waals surface area contributed by atoms with Crippen LogP contribution >= 0.6 is 0 Å². The number of non-ortho nitro benzene ring substituents is 1. The van der Waals surface area contributed by atoms with Crippen LogP contribution in [-0.4, -0.2) is 62.4 Å². The van der Waals surface area contributed by atoms with Crippen molar-refractivity contribution in [2.45, 2.75) is 38.8 Å². The van der Waals surface area contributed by atoms with Crippen LogP contribution in [0.4, 0.5) is 14.5 Å². The second kappa shape index (κ2) is 12.5. The summed E-state index contributed by atoms with van der Waals surface area (Å²) in [5.41, 5.74) is -0.121. The van der Waals surface area contributed by atoms with Gasteiger partial charge in [0.05, 0.1) is 4.92 Å². The van der Waals surface area contributed by atoms with Gasteiger partial charge in [0.15, 0.2) is 0 Å². The molecule has 3 aromatic rings. The molecule has 3 aromatic carbocycles. The van der Waals surface area contributed by atoms with Crippen molar-refractivity contribution in [2.24, 2.45) is 0 Å².